The zero-order valence-electron chi connectivity index (χ0n) is 17.9. The van der Waals surface area contributed by atoms with Crippen LogP contribution in [0.15, 0.2) is 59.4 Å². The molecule has 4 aromatic rings. The van der Waals surface area contributed by atoms with Crippen molar-refractivity contribution in [3.8, 4) is 22.4 Å². The first kappa shape index (κ1) is 20.6. The van der Waals surface area contributed by atoms with E-state index >= 15 is 0 Å². The maximum atomic E-state index is 11.5. The van der Waals surface area contributed by atoms with Gasteiger partial charge in [-0.1, -0.05) is 12.1 Å². The second-order valence-electron chi connectivity index (χ2n) is 7.73. The maximum absolute atomic E-state index is 11.5. The number of hydrogen-bond acceptors (Lipinski definition) is 8. The van der Waals surface area contributed by atoms with Crippen molar-refractivity contribution in [3.63, 3.8) is 0 Å². The first-order chi connectivity index (χ1) is 15.6. The molecule has 0 radical (unpaired) electrons. The molecule has 1 fully saturated rings. The second kappa shape index (κ2) is 8.68. The summed E-state index contributed by atoms with van der Waals surface area (Å²) in [7, 11) is -1.25. The van der Waals surface area contributed by atoms with Crippen molar-refractivity contribution in [2.75, 3.05) is 30.9 Å². The summed E-state index contributed by atoms with van der Waals surface area (Å²) < 4.78 is 21.3. The third-order valence-corrected chi connectivity index (χ3v) is 6.04. The molecular weight excluding hydrogens is 424 g/mol. The highest BCUT2D eigenvalue weighted by molar-refractivity contribution is 7.74. The van der Waals surface area contributed by atoms with Crippen LogP contribution in [0.4, 0.5) is 11.5 Å². The molecule has 0 unspecified atom stereocenters. The highest BCUT2D eigenvalue weighted by Crippen LogP contribution is 2.43. The molecule has 1 aliphatic heterocycles. The average molecular weight is 448 g/mol. The van der Waals surface area contributed by atoms with Gasteiger partial charge in [-0.25, -0.2) is 4.98 Å². The number of H-pyrrole nitrogens is 1. The fraction of sp³-hybridized carbons (Fsp3) is 0.261. The number of ether oxygens (including phenoxy) is 1. The molecule has 9 heteroatoms. The third-order valence-electron chi connectivity index (χ3n) is 5.57. The molecule has 4 heterocycles. The molecule has 0 bridgehead atoms. The van der Waals surface area contributed by atoms with Gasteiger partial charge in [-0.15, -0.1) is 6.26 Å². The van der Waals surface area contributed by atoms with Gasteiger partial charge in [0.15, 0.2) is 0 Å². The van der Waals surface area contributed by atoms with Gasteiger partial charge >= 0.3 is 0 Å². The normalized spacial score (nSPS) is 17.7. The van der Waals surface area contributed by atoms with Crippen LogP contribution in [0.5, 0.6) is 0 Å². The van der Waals surface area contributed by atoms with Crippen molar-refractivity contribution in [2.45, 2.75) is 13.0 Å². The Hall–Kier alpha value is -3.30. The summed E-state index contributed by atoms with van der Waals surface area (Å²) >= 11 is 0. The van der Waals surface area contributed by atoms with Gasteiger partial charge in [-0.2, -0.15) is 15.7 Å². The van der Waals surface area contributed by atoms with Crippen LogP contribution in [0, 0.1) is 0 Å². The van der Waals surface area contributed by atoms with Crippen molar-refractivity contribution in [1.82, 2.24) is 20.2 Å². The number of nitrogens with one attached hydrogen (secondary N) is 1. The number of pyridine rings is 2. The molecule has 0 saturated carbocycles. The maximum Gasteiger partial charge on any atom is 0.139 e. The molecule has 0 amide bonds. The highest BCUT2D eigenvalue weighted by Gasteiger charge is 2.27. The third kappa shape index (κ3) is 3.85. The molecule has 3 aromatic heterocycles. The molecule has 164 valence electrons. The average Bonchev–Trinajstić information content (AvgIpc) is 3.33. The van der Waals surface area contributed by atoms with E-state index in [-0.39, 0.29) is 6.04 Å². The van der Waals surface area contributed by atoms with Crippen molar-refractivity contribution in [2.24, 2.45) is 4.36 Å². The van der Waals surface area contributed by atoms with E-state index < -0.39 is 10.6 Å². The van der Waals surface area contributed by atoms with Crippen LogP contribution in [0.2, 0.25) is 0 Å². The van der Waals surface area contributed by atoms with Gasteiger partial charge in [0.2, 0.25) is 0 Å². The number of aromatic nitrogens is 4. The van der Waals surface area contributed by atoms with E-state index in [1.165, 1.54) is 0 Å². The Balaban J connectivity index is 1.81. The summed E-state index contributed by atoms with van der Waals surface area (Å²) in [5, 5.41) is 8.34. The Bertz CT molecular complexity index is 1330. The summed E-state index contributed by atoms with van der Waals surface area (Å²) in [4.78, 5) is 11.7. The second-order valence-corrected chi connectivity index (χ2v) is 8.76. The van der Waals surface area contributed by atoms with Gasteiger partial charge in [0.1, 0.15) is 5.82 Å². The Morgan fingerprint density at radius 3 is 2.72 bits per heavy atom. The van der Waals surface area contributed by atoms with Gasteiger partial charge in [0.25, 0.3) is 0 Å². The van der Waals surface area contributed by atoms with E-state index in [0.29, 0.717) is 18.9 Å². The molecular formula is C23H23N6O2S-. The molecule has 1 aliphatic rings. The van der Waals surface area contributed by atoms with Gasteiger partial charge in [0, 0.05) is 35.6 Å². The summed E-state index contributed by atoms with van der Waals surface area (Å²) in [6, 6.07) is 11.9. The van der Waals surface area contributed by atoms with Crippen molar-refractivity contribution in [3.05, 3.63) is 55.0 Å². The van der Waals surface area contributed by atoms with Crippen LogP contribution < -0.4 is 4.90 Å². The Kier molecular flexibility index (Phi) is 5.59. The number of morpholine rings is 1. The fourth-order valence-corrected chi connectivity index (χ4v) is 4.56. The van der Waals surface area contributed by atoms with E-state index in [1.807, 2.05) is 36.4 Å². The molecule has 0 spiro atoms. The van der Waals surface area contributed by atoms with Crippen molar-refractivity contribution in [1.29, 1.82) is 0 Å². The van der Waals surface area contributed by atoms with Crippen LogP contribution in [0.3, 0.4) is 0 Å². The largest absolute Gasteiger partial charge is 0.444 e. The number of nitrogens with zero attached hydrogens (tertiary/aromatic N) is 5. The minimum Gasteiger partial charge on any atom is -0.444 e. The SMILES string of the molecule is C[C@@H]1COCCN1c1nc2cnccc2c(-c2ccc(N=[S-](C)=O)cc2)c1-c1ccn[nH]1. The number of benzene rings is 1. The molecule has 1 N–H and O–H groups in total. The van der Waals surface area contributed by atoms with E-state index in [9.17, 15) is 4.21 Å². The molecule has 1 atom stereocenters. The number of hydrogen-bond donors (Lipinski definition) is 1. The summed E-state index contributed by atoms with van der Waals surface area (Å²) in [5.41, 5.74) is 5.43. The van der Waals surface area contributed by atoms with E-state index in [2.05, 4.69) is 31.4 Å². The summed E-state index contributed by atoms with van der Waals surface area (Å²) in [6.45, 7) is 4.20. The predicted octanol–water partition coefficient (Wildman–Crippen LogP) is 4.32. The zero-order valence-corrected chi connectivity index (χ0v) is 18.7. The van der Waals surface area contributed by atoms with E-state index in [1.54, 1.807) is 24.8 Å². The Labute approximate surface area is 187 Å². The zero-order chi connectivity index (χ0) is 22.1. The lowest BCUT2D eigenvalue weighted by Gasteiger charge is -2.36. The number of anilines is 1. The summed E-state index contributed by atoms with van der Waals surface area (Å²) in [5.74, 6) is 0.879. The predicted molar refractivity (Wildman–Crippen MR) is 126 cm³/mol. The first-order valence-electron chi connectivity index (χ1n) is 10.4. The molecule has 5 rings (SSSR count). The molecule has 0 aliphatic carbocycles. The van der Waals surface area contributed by atoms with Crippen molar-refractivity contribution < 1.29 is 8.95 Å². The van der Waals surface area contributed by atoms with Crippen LogP contribution in [0.25, 0.3) is 33.3 Å². The molecule has 32 heavy (non-hydrogen) atoms. The standard InChI is InChI=1S/C23H23N6O2S/c1-15-14-31-12-11-29(15)23-22(19-8-10-25-27-19)21(18-7-9-24-13-20(18)26-23)16-3-5-17(6-4-16)28-32(2)30/h3-10,13,15H,11-12,14H2,1-2H3,(H,25,27)/q-1/t15-/m1/s1. The van der Waals surface area contributed by atoms with Crippen molar-refractivity contribution >= 4 is 33.0 Å². The topological polar surface area (TPSA) is 96.4 Å². The molecule has 1 aromatic carbocycles. The van der Waals surface area contributed by atoms with Gasteiger partial charge in [-0.05, 0) is 36.8 Å². The quantitative estimate of drug-likeness (QED) is 0.468. The fourth-order valence-electron chi connectivity index (χ4n) is 4.14. The van der Waals surface area contributed by atoms with E-state index in [4.69, 9.17) is 9.72 Å². The van der Waals surface area contributed by atoms with Crippen LogP contribution >= 0.6 is 0 Å². The van der Waals surface area contributed by atoms with E-state index in [0.717, 1.165) is 45.6 Å². The minimum absolute atomic E-state index is 0.181. The lowest BCUT2D eigenvalue weighted by molar-refractivity contribution is 0.0986. The Morgan fingerprint density at radius 2 is 2.00 bits per heavy atom. The number of rotatable bonds is 4. The van der Waals surface area contributed by atoms with Crippen LogP contribution in [-0.4, -0.2) is 52.2 Å². The van der Waals surface area contributed by atoms with Gasteiger partial charge in [0.05, 0.1) is 42.2 Å². The lowest BCUT2D eigenvalue weighted by atomic mass is 9.93. The minimum atomic E-state index is -1.25. The van der Waals surface area contributed by atoms with Crippen LogP contribution in [0.1, 0.15) is 6.92 Å². The van der Waals surface area contributed by atoms with Gasteiger partial charge < -0.3 is 18.2 Å². The monoisotopic (exact) mass is 447 g/mol. The Morgan fingerprint density at radius 1 is 1.16 bits per heavy atom. The smallest absolute Gasteiger partial charge is 0.139 e. The lowest BCUT2D eigenvalue weighted by Crippen LogP contribution is -2.44. The first-order valence-corrected chi connectivity index (χ1v) is 11.9. The number of aromatic amines is 1. The molecule has 8 nitrogen and oxygen atoms in total. The molecule has 1 saturated heterocycles. The van der Waals surface area contributed by atoms with Crippen LogP contribution in [-0.2, 0) is 19.5 Å². The summed E-state index contributed by atoms with van der Waals surface area (Å²) in [6.07, 6.45) is 6.89. The number of fused-ring (bicyclic) bond motifs is 1. The van der Waals surface area contributed by atoms with Gasteiger partial charge in [-0.3, -0.25) is 10.1 Å². The highest BCUT2D eigenvalue weighted by atomic mass is 32.2.